The summed E-state index contributed by atoms with van der Waals surface area (Å²) in [4.78, 5) is 29.7. The van der Waals surface area contributed by atoms with Gasteiger partial charge in [0, 0.05) is 0 Å². The standard InChI is InChI=1S/C25H21N3O5S/c1-16-12-17(2)14-19(13-16)27-24(29)22(15-18-4-6-20(32-3)7-5-18)26-25(27)34-11-10-21-8-9-23(33-21)28(30)31/h4-15H,1-3H3/b11-10+,22-15-. The van der Waals surface area contributed by atoms with Gasteiger partial charge in [0.1, 0.15) is 22.1 Å². The zero-order valence-corrected chi connectivity index (χ0v) is 19.5. The van der Waals surface area contributed by atoms with Crippen LogP contribution in [0.1, 0.15) is 22.5 Å². The molecule has 172 valence electrons. The Bertz CT molecular complexity index is 1320. The van der Waals surface area contributed by atoms with E-state index in [0.717, 1.165) is 22.4 Å². The number of amides is 1. The number of hydrogen-bond acceptors (Lipinski definition) is 7. The molecular weight excluding hydrogens is 454 g/mol. The number of benzene rings is 2. The Balaban J connectivity index is 1.66. The first-order valence-electron chi connectivity index (χ1n) is 10.3. The predicted molar refractivity (Wildman–Crippen MR) is 134 cm³/mol. The summed E-state index contributed by atoms with van der Waals surface area (Å²) in [6.07, 6.45) is 3.32. The highest BCUT2D eigenvalue weighted by atomic mass is 32.2. The van der Waals surface area contributed by atoms with Crippen LogP contribution in [0.3, 0.4) is 0 Å². The van der Waals surface area contributed by atoms with Crippen LogP contribution in [0.25, 0.3) is 12.2 Å². The van der Waals surface area contributed by atoms with E-state index in [1.165, 1.54) is 23.9 Å². The molecule has 2 heterocycles. The molecule has 9 heteroatoms. The summed E-state index contributed by atoms with van der Waals surface area (Å²) in [6.45, 7) is 3.94. The Hall–Kier alpha value is -4.11. The number of carbonyl (C=O) groups is 1. The minimum absolute atomic E-state index is 0.245. The molecule has 0 atom stereocenters. The van der Waals surface area contributed by atoms with Crippen molar-refractivity contribution in [3.63, 3.8) is 0 Å². The van der Waals surface area contributed by atoms with Crippen LogP contribution in [0.2, 0.25) is 0 Å². The van der Waals surface area contributed by atoms with Crippen LogP contribution in [0.4, 0.5) is 11.6 Å². The third-order valence-corrected chi connectivity index (χ3v) is 5.67. The SMILES string of the molecule is COc1ccc(/C=C2\N=C(S/C=C/c3ccc([N+](=O)[O-])o3)N(c3cc(C)cc(C)c3)C2=O)cc1. The third-order valence-electron chi connectivity index (χ3n) is 4.91. The van der Waals surface area contributed by atoms with Crippen LogP contribution in [-0.2, 0) is 4.79 Å². The average Bonchev–Trinajstić information content (AvgIpc) is 3.39. The highest BCUT2D eigenvalue weighted by Gasteiger charge is 2.32. The molecule has 0 bridgehead atoms. The summed E-state index contributed by atoms with van der Waals surface area (Å²) in [5.74, 6) is 0.473. The summed E-state index contributed by atoms with van der Waals surface area (Å²) >= 11 is 1.22. The van der Waals surface area contributed by atoms with Crippen molar-refractivity contribution in [1.29, 1.82) is 0 Å². The number of anilines is 1. The number of rotatable bonds is 6. The summed E-state index contributed by atoms with van der Waals surface area (Å²) in [5, 5.41) is 13.0. The predicted octanol–water partition coefficient (Wildman–Crippen LogP) is 5.96. The van der Waals surface area contributed by atoms with E-state index < -0.39 is 4.92 Å². The van der Waals surface area contributed by atoms with E-state index in [0.29, 0.717) is 22.3 Å². The second-order valence-corrected chi connectivity index (χ2v) is 8.41. The maximum Gasteiger partial charge on any atom is 0.433 e. The highest BCUT2D eigenvalue weighted by molar-refractivity contribution is 8.16. The number of amidine groups is 1. The number of thioether (sulfide) groups is 1. The van der Waals surface area contributed by atoms with E-state index in [-0.39, 0.29) is 11.8 Å². The van der Waals surface area contributed by atoms with Gasteiger partial charge in [0.05, 0.1) is 18.9 Å². The number of methoxy groups -OCH3 is 1. The molecular formula is C25H21N3O5S. The number of furan rings is 1. The van der Waals surface area contributed by atoms with Gasteiger partial charge in [-0.25, -0.2) is 4.99 Å². The van der Waals surface area contributed by atoms with Crippen molar-refractivity contribution in [1.82, 2.24) is 0 Å². The molecule has 0 unspecified atom stereocenters. The molecule has 3 aromatic rings. The van der Waals surface area contributed by atoms with Gasteiger partial charge >= 0.3 is 5.88 Å². The molecule has 0 N–H and O–H groups in total. The molecule has 0 fully saturated rings. The molecule has 1 aliphatic heterocycles. The fourth-order valence-electron chi connectivity index (χ4n) is 3.43. The lowest BCUT2D eigenvalue weighted by molar-refractivity contribution is -0.402. The lowest BCUT2D eigenvalue weighted by Crippen LogP contribution is -2.30. The van der Waals surface area contributed by atoms with Crippen molar-refractivity contribution in [3.8, 4) is 5.75 Å². The van der Waals surface area contributed by atoms with Gasteiger partial charge in [-0.15, -0.1) is 0 Å². The molecule has 1 aliphatic rings. The van der Waals surface area contributed by atoms with Crippen LogP contribution < -0.4 is 9.64 Å². The van der Waals surface area contributed by atoms with Crippen LogP contribution in [0.15, 0.2) is 75.1 Å². The second-order valence-electron chi connectivity index (χ2n) is 7.54. The maximum absolute atomic E-state index is 13.4. The number of nitrogens with zero attached hydrogens (tertiary/aromatic N) is 3. The van der Waals surface area contributed by atoms with E-state index >= 15 is 0 Å². The topological polar surface area (TPSA) is 98.2 Å². The number of ether oxygens (including phenoxy) is 1. The summed E-state index contributed by atoms with van der Waals surface area (Å²) in [7, 11) is 1.60. The summed E-state index contributed by atoms with van der Waals surface area (Å²) in [5.41, 5.74) is 3.89. The zero-order valence-electron chi connectivity index (χ0n) is 18.7. The first kappa shape index (κ1) is 23.1. The Morgan fingerprint density at radius 2 is 1.79 bits per heavy atom. The highest BCUT2D eigenvalue weighted by Crippen LogP contribution is 2.32. The monoisotopic (exact) mass is 475 g/mol. The number of hydrogen-bond donors (Lipinski definition) is 0. The van der Waals surface area contributed by atoms with Gasteiger partial charge in [0.2, 0.25) is 0 Å². The Morgan fingerprint density at radius 3 is 2.41 bits per heavy atom. The van der Waals surface area contributed by atoms with Gasteiger partial charge in [0.25, 0.3) is 5.91 Å². The van der Waals surface area contributed by atoms with E-state index in [2.05, 4.69) is 4.99 Å². The van der Waals surface area contributed by atoms with Crippen LogP contribution in [0.5, 0.6) is 5.75 Å². The van der Waals surface area contributed by atoms with Crippen LogP contribution in [-0.4, -0.2) is 23.1 Å². The summed E-state index contributed by atoms with van der Waals surface area (Å²) < 4.78 is 10.3. The molecule has 0 radical (unpaired) electrons. The van der Waals surface area contributed by atoms with Gasteiger partial charge in [-0.05, 0) is 78.4 Å². The Kier molecular flexibility index (Phi) is 6.65. The number of nitro groups is 1. The van der Waals surface area contributed by atoms with Crippen LogP contribution >= 0.6 is 11.8 Å². The van der Waals surface area contributed by atoms with Crippen LogP contribution in [0, 0.1) is 24.0 Å². The molecule has 4 rings (SSSR count). The molecule has 8 nitrogen and oxygen atoms in total. The largest absolute Gasteiger partial charge is 0.497 e. The number of aryl methyl sites for hydroxylation is 2. The molecule has 2 aromatic carbocycles. The van der Waals surface area contributed by atoms with E-state index in [9.17, 15) is 14.9 Å². The van der Waals surface area contributed by atoms with Crippen molar-refractivity contribution < 1.29 is 18.9 Å². The average molecular weight is 476 g/mol. The van der Waals surface area contributed by atoms with Gasteiger partial charge < -0.3 is 9.15 Å². The quantitative estimate of drug-likeness (QED) is 0.248. The molecule has 0 saturated heterocycles. The minimum atomic E-state index is -0.595. The van der Waals surface area contributed by atoms with Crippen molar-refractivity contribution >= 4 is 46.6 Å². The molecule has 0 saturated carbocycles. The van der Waals surface area contributed by atoms with E-state index in [1.54, 1.807) is 29.6 Å². The minimum Gasteiger partial charge on any atom is -0.497 e. The Labute approximate surface area is 200 Å². The molecule has 1 aromatic heterocycles. The second kappa shape index (κ2) is 9.80. The molecule has 34 heavy (non-hydrogen) atoms. The normalized spacial score (nSPS) is 14.8. The van der Waals surface area contributed by atoms with E-state index in [1.807, 2.05) is 56.3 Å². The van der Waals surface area contributed by atoms with E-state index in [4.69, 9.17) is 9.15 Å². The number of aliphatic imine (C=N–C) groups is 1. The fourth-order valence-corrected chi connectivity index (χ4v) is 4.20. The smallest absolute Gasteiger partial charge is 0.433 e. The van der Waals surface area contributed by atoms with Gasteiger partial charge in [-0.1, -0.05) is 30.0 Å². The van der Waals surface area contributed by atoms with Crippen molar-refractivity contribution in [2.24, 2.45) is 4.99 Å². The first-order chi connectivity index (χ1) is 16.3. The van der Waals surface area contributed by atoms with Gasteiger partial charge in [-0.2, -0.15) is 0 Å². The third kappa shape index (κ3) is 5.10. The lowest BCUT2D eigenvalue weighted by atomic mass is 10.1. The fraction of sp³-hybridized carbons (Fsp3) is 0.120. The van der Waals surface area contributed by atoms with Crippen molar-refractivity contribution in [2.45, 2.75) is 13.8 Å². The van der Waals surface area contributed by atoms with Crippen molar-refractivity contribution in [2.75, 3.05) is 12.0 Å². The lowest BCUT2D eigenvalue weighted by Gasteiger charge is -2.18. The molecule has 0 aliphatic carbocycles. The molecule has 0 spiro atoms. The van der Waals surface area contributed by atoms with Gasteiger partial charge in [-0.3, -0.25) is 19.8 Å². The van der Waals surface area contributed by atoms with Gasteiger partial charge in [0.15, 0.2) is 5.17 Å². The number of carbonyl (C=O) groups excluding carboxylic acids is 1. The Morgan fingerprint density at radius 1 is 1.09 bits per heavy atom. The summed E-state index contributed by atoms with van der Waals surface area (Å²) in [6, 6.07) is 16.0. The maximum atomic E-state index is 13.4. The van der Waals surface area contributed by atoms with Crippen molar-refractivity contribution in [3.05, 3.63) is 98.3 Å². The molecule has 1 amide bonds. The zero-order chi connectivity index (χ0) is 24.2. The first-order valence-corrected chi connectivity index (χ1v) is 11.2.